The zero-order valence-corrected chi connectivity index (χ0v) is 16.3. The molecule has 1 amide bonds. The van der Waals surface area contributed by atoms with Crippen molar-refractivity contribution < 1.29 is 9.53 Å². The Kier molecular flexibility index (Phi) is 5.57. The topological polar surface area (TPSA) is 81.9 Å². The number of thioether (sulfide) groups is 1. The van der Waals surface area contributed by atoms with E-state index in [2.05, 4.69) is 20.8 Å². The molecule has 0 spiro atoms. The number of amides is 1. The molecule has 1 fully saturated rings. The van der Waals surface area contributed by atoms with Gasteiger partial charge in [-0.15, -0.1) is 5.10 Å². The molecule has 0 radical (unpaired) electrons. The van der Waals surface area contributed by atoms with Gasteiger partial charge < -0.3 is 10.1 Å². The van der Waals surface area contributed by atoms with Crippen molar-refractivity contribution in [3.8, 4) is 5.75 Å². The molecule has 144 valence electrons. The van der Waals surface area contributed by atoms with Crippen molar-refractivity contribution in [2.24, 2.45) is 0 Å². The lowest BCUT2D eigenvalue weighted by Gasteiger charge is -2.16. The van der Waals surface area contributed by atoms with E-state index in [0.29, 0.717) is 17.7 Å². The van der Waals surface area contributed by atoms with E-state index in [1.807, 2.05) is 54.6 Å². The monoisotopic (exact) mass is 395 g/mol. The summed E-state index contributed by atoms with van der Waals surface area (Å²) in [6, 6.07) is 17.8. The average Bonchev–Trinajstić information content (AvgIpc) is 3.44. The highest BCUT2D eigenvalue weighted by Gasteiger charge is 2.30. The average molecular weight is 395 g/mol. The number of methoxy groups -OCH3 is 1. The van der Waals surface area contributed by atoms with E-state index in [4.69, 9.17) is 4.74 Å². The third kappa shape index (κ3) is 4.51. The summed E-state index contributed by atoms with van der Waals surface area (Å²) in [4.78, 5) is 12.8. The van der Waals surface area contributed by atoms with Crippen LogP contribution in [0.25, 0.3) is 0 Å². The number of rotatable bonds is 8. The van der Waals surface area contributed by atoms with E-state index in [-0.39, 0.29) is 5.91 Å². The fourth-order valence-corrected chi connectivity index (χ4v) is 3.78. The van der Waals surface area contributed by atoms with Gasteiger partial charge in [-0.3, -0.25) is 4.79 Å². The van der Waals surface area contributed by atoms with E-state index >= 15 is 0 Å². The molecule has 4 rings (SSSR count). The number of hydrogen-bond acceptors (Lipinski definition) is 6. The normalized spacial score (nSPS) is 14.5. The number of ether oxygens (including phenoxy) is 1. The Morgan fingerprint density at radius 1 is 1.21 bits per heavy atom. The highest BCUT2D eigenvalue weighted by Crippen LogP contribution is 2.35. The van der Waals surface area contributed by atoms with Gasteiger partial charge in [0.15, 0.2) is 0 Å². The van der Waals surface area contributed by atoms with Crippen LogP contribution in [-0.2, 0) is 11.3 Å². The Bertz CT molecular complexity index is 925. The maximum Gasteiger partial charge on any atom is 0.238 e. The number of benzene rings is 2. The number of tetrazole rings is 1. The van der Waals surface area contributed by atoms with Crippen LogP contribution >= 0.6 is 11.8 Å². The Balaban J connectivity index is 1.53. The van der Waals surface area contributed by atoms with Crippen molar-refractivity contribution >= 4 is 17.7 Å². The van der Waals surface area contributed by atoms with Gasteiger partial charge in [-0.1, -0.05) is 54.2 Å². The highest BCUT2D eigenvalue weighted by molar-refractivity contribution is 8.00. The molecule has 0 aliphatic heterocycles. The lowest BCUT2D eigenvalue weighted by molar-refractivity contribution is -0.120. The molecular weight excluding hydrogens is 374 g/mol. The summed E-state index contributed by atoms with van der Waals surface area (Å²) in [7, 11) is 1.64. The first kappa shape index (κ1) is 18.5. The Morgan fingerprint density at radius 2 is 1.96 bits per heavy atom. The molecule has 1 aliphatic rings. The molecule has 1 N–H and O–H groups in total. The van der Waals surface area contributed by atoms with E-state index in [1.165, 1.54) is 11.8 Å². The van der Waals surface area contributed by atoms with Gasteiger partial charge in [-0.2, -0.15) is 0 Å². The van der Waals surface area contributed by atoms with Crippen molar-refractivity contribution in [3.05, 3.63) is 65.7 Å². The van der Waals surface area contributed by atoms with Crippen LogP contribution in [0.2, 0.25) is 0 Å². The lowest BCUT2D eigenvalue weighted by atomic mass is 10.1. The van der Waals surface area contributed by atoms with Gasteiger partial charge in [0.1, 0.15) is 11.0 Å². The number of carbonyl (C=O) groups excluding carboxylic acids is 1. The number of carbonyl (C=O) groups is 1. The van der Waals surface area contributed by atoms with Crippen molar-refractivity contribution in [3.63, 3.8) is 0 Å². The van der Waals surface area contributed by atoms with Gasteiger partial charge in [0.25, 0.3) is 0 Å². The molecular formula is C20H21N5O2S. The number of aromatic nitrogens is 4. The quantitative estimate of drug-likeness (QED) is 0.591. The third-order valence-corrected chi connectivity index (χ3v) is 5.70. The molecule has 1 saturated carbocycles. The fourth-order valence-electron chi connectivity index (χ4n) is 2.79. The Morgan fingerprint density at radius 3 is 2.64 bits per heavy atom. The van der Waals surface area contributed by atoms with Crippen molar-refractivity contribution in [2.75, 3.05) is 7.11 Å². The third-order valence-electron chi connectivity index (χ3n) is 4.48. The number of nitrogens with zero attached hydrogens (tertiary/aromatic N) is 4. The molecule has 3 aromatic rings. The highest BCUT2D eigenvalue weighted by atomic mass is 32.2. The second-order valence-electron chi connectivity index (χ2n) is 6.66. The summed E-state index contributed by atoms with van der Waals surface area (Å²) in [5.41, 5.74) is 1.98. The van der Waals surface area contributed by atoms with Crippen molar-refractivity contribution in [2.45, 2.75) is 35.8 Å². The molecule has 2 aromatic carbocycles. The predicted molar refractivity (Wildman–Crippen MR) is 106 cm³/mol. The van der Waals surface area contributed by atoms with Gasteiger partial charge in [0.2, 0.25) is 11.1 Å². The van der Waals surface area contributed by atoms with E-state index < -0.39 is 5.25 Å². The van der Waals surface area contributed by atoms with Crippen LogP contribution < -0.4 is 10.1 Å². The summed E-state index contributed by atoms with van der Waals surface area (Å²) >= 11 is 1.37. The molecule has 0 unspecified atom stereocenters. The van der Waals surface area contributed by atoms with Gasteiger partial charge in [0, 0.05) is 6.04 Å². The van der Waals surface area contributed by atoms with Crippen LogP contribution in [-0.4, -0.2) is 39.3 Å². The zero-order chi connectivity index (χ0) is 19.3. The number of nitrogens with one attached hydrogen (secondary N) is 1. The predicted octanol–water partition coefficient (Wildman–Crippen LogP) is 2.84. The van der Waals surface area contributed by atoms with Crippen molar-refractivity contribution in [1.29, 1.82) is 0 Å². The van der Waals surface area contributed by atoms with E-state index in [9.17, 15) is 4.79 Å². The molecule has 8 heteroatoms. The summed E-state index contributed by atoms with van der Waals surface area (Å²) in [5.74, 6) is 0.800. The van der Waals surface area contributed by atoms with Gasteiger partial charge in [0.05, 0.1) is 13.7 Å². The van der Waals surface area contributed by atoms with Crippen LogP contribution in [0.15, 0.2) is 59.8 Å². The van der Waals surface area contributed by atoms with E-state index in [1.54, 1.807) is 11.8 Å². The standard InChI is InChI=1S/C20H21N5O2S/c1-27-17-11-7-14(8-12-17)13-25-20(22-23-24-25)28-18(15-5-3-2-4-6-15)19(26)21-16-9-10-16/h2-8,11-12,16,18H,9-10,13H2,1H3,(H,21,26)/t18-/m0/s1. The SMILES string of the molecule is COc1ccc(Cn2nnnc2S[C@H](C(=O)NC2CC2)c2ccccc2)cc1. The van der Waals surface area contributed by atoms with Crippen molar-refractivity contribution in [1.82, 2.24) is 25.5 Å². The minimum Gasteiger partial charge on any atom is -0.497 e. The van der Waals surface area contributed by atoms with Crippen LogP contribution in [0, 0.1) is 0 Å². The first-order valence-electron chi connectivity index (χ1n) is 9.14. The lowest BCUT2D eigenvalue weighted by Crippen LogP contribution is -2.30. The summed E-state index contributed by atoms with van der Waals surface area (Å²) in [6.45, 7) is 0.519. The molecule has 1 aromatic heterocycles. The summed E-state index contributed by atoms with van der Waals surface area (Å²) in [5, 5.41) is 15.4. The minimum absolute atomic E-state index is 0.00213. The molecule has 1 atom stereocenters. The molecule has 1 aliphatic carbocycles. The van der Waals surface area contributed by atoms with Crippen LogP contribution in [0.4, 0.5) is 0 Å². The fraction of sp³-hybridized carbons (Fsp3) is 0.300. The molecule has 1 heterocycles. The van der Waals surface area contributed by atoms with Crippen LogP contribution in [0.5, 0.6) is 5.75 Å². The summed E-state index contributed by atoms with van der Waals surface area (Å²) < 4.78 is 6.91. The van der Waals surface area contributed by atoms with Gasteiger partial charge in [-0.05, 0) is 46.5 Å². The largest absolute Gasteiger partial charge is 0.497 e. The second-order valence-corrected chi connectivity index (χ2v) is 7.73. The van der Waals surface area contributed by atoms with E-state index in [0.717, 1.165) is 29.7 Å². The zero-order valence-electron chi connectivity index (χ0n) is 15.5. The first-order valence-corrected chi connectivity index (χ1v) is 10.0. The van der Waals surface area contributed by atoms with Gasteiger partial charge >= 0.3 is 0 Å². The van der Waals surface area contributed by atoms with Gasteiger partial charge in [-0.25, -0.2) is 4.68 Å². The number of hydrogen-bond donors (Lipinski definition) is 1. The molecule has 7 nitrogen and oxygen atoms in total. The van der Waals surface area contributed by atoms with Crippen LogP contribution in [0.3, 0.4) is 0 Å². The first-order chi connectivity index (χ1) is 13.7. The second kappa shape index (κ2) is 8.43. The molecule has 0 bridgehead atoms. The summed E-state index contributed by atoms with van der Waals surface area (Å²) in [6.07, 6.45) is 2.10. The maximum atomic E-state index is 12.8. The Hall–Kier alpha value is -2.87. The molecule has 0 saturated heterocycles. The minimum atomic E-state index is -0.401. The Labute approximate surface area is 167 Å². The smallest absolute Gasteiger partial charge is 0.238 e. The van der Waals surface area contributed by atoms with Crippen LogP contribution in [0.1, 0.15) is 29.2 Å². The maximum absolute atomic E-state index is 12.8. The molecule has 28 heavy (non-hydrogen) atoms.